The lowest BCUT2D eigenvalue weighted by Gasteiger charge is -2.19. The first-order valence-corrected chi connectivity index (χ1v) is 4.69. The van der Waals surface area contributed by atoms with Gasteiger partial charge in [0.15, 0.2) is 4.51 Å². The topological polar surface area (TPSA) is 33.0 Å². The molecule has 3 heteroatoms. The molecule has 0 aliphatic carbocycles. The number of ether oxygens (including phenoxy) is 1. The molecule has 0 aromatic heterocycles. The highest BCUT2D eigenvalue weighted by atomic mass is 79.9. The molecule has 2 nitrogen and oxygen atoms in total. The summed E-state index contributed by atoms with van der Waals surface area (Å²) in [4.78, 5) is 0. The Labute approximate surface area is 86.3 Å². The summed E-state index contributed by atoms with van der Waals surface area (Å²) in [5.41, 5.74) is 0.551. The molecule has 1 aromatic rings. The van der Waals surface area contributed by atoms with Crippen molar-refractivity contribution in [3.63, 3.8) is 0 Å². The normalized spacial score (nSPS) is 10.6. The van der Waals surface area contributed by atoms with Gasteiger partial charge in [0.2, 0.25) is 0 Å². The predicted octanol–water partition coefficient (Wildman–Crippen LogP) is 3.07. The number of nitrogens with zero attached hydrogens (tertiary/aromatic N) is 1. The van der Waals surface area contributed by atoms with Crippen LogP contribution in [0.5, 0.6) is 5.75 Å². The Balaban J connectivity index is 2.96. The van der Waals surface area contributed by atoms with Gasteiger partial charge >= 0.3 is 0 Å². The van der Waals surface area contributed by atoms with Crippen LogP contribution in [0.25, 0.3) is 0 Å². The van der Waals surface area contributed by atoms with Gasteiger partial charge in [-0.05, 0) is 41.9 Å². The quantitative estimate of drug-likeness (QED) is 0.744. The summed E-state index contributed by atoms with van der Waals surface area (Å²) >= 11 is 3.35. The fourth-order valence-electron chi connectivity index (χ4n) is 0.909. The van der Waals surface area contributed by atoms with Crippen LogP contribution in [0, 0.1) is 11.3 Å². The van der Waals surface area contributed by atoms with Gasteiger partial charge in [-0.2, -0.15) is 5.26 Å². The van der Waals surface area contributed by atoms with Crippen molar-refractivity contribution in [2.75, 3.05) is 0 Å². The average Bonchev–Trinajstić information content (AvgIpc) is 2.02. The molecule has 0 heterocycles. The van der Waals surface area contributed by atoms with E-state index < -0.39 is 4.51 Å². The number of halogens is 1. The van der Waals surface area contributed by atoms with E-state index in [1.165, 1.54) is 0 Å². The molecular weight excluding hydrogens is 230 g/mol. The van der Waals surface area contributed by atoms with E-state index in [1.807, 2.05) is 26.0 Å². The molecule has 0 N–H and O–H groups in total. The maximum Gasteiger partial charge on any atom is 0.157 e. The van der Waals surface area contributed by atoms with Gasteiger partial charge in [0.1, 0.15) is 11.8 Å². The number of alkyl halides is 1. The first-order valence-electron chi connectivity index (χ1n) is 3.90. The number of benzene rings is 1. The Bertz CT molecular complexity index is 336. The van der Waals surface area contributed by atoms with E-state index in [-0.39, 0.29) is 0 Å². The second-order valence-corrected chi connectivity index (χ2v) is 4.98. The molecule has 13 heavy (non-hydrogen) atoms. The molecule has 68 valence electrons. The van der Waals surface area contributed by atoms with Crippen molar-refractivity contribution < 1.29 is 4.74 Å². The molecule has 1 aromatic carbocycles. The van der Waals surface area contributed by atoms with E-state index in [2.05, 4.69) is 22.0 Å². The summed E-state index contributed by atoms with van der Waals surface area (Å²) in [6, 6.07) is 9.24. The Morgan fingerprint density at radius 1 is 1.38 bits per heavy atom. The second-order valence-electron chi connectivity index (χ2n) is 3.07. The standard InChI is InChI=1S/C10H10BrNO/c1-10(2,11)13-9-6-4-3-5-8(9)7-12/h3-6H,1-2H3. The van der Waals surface area contributed by atoms with Gasteiger partial charge in [-0.1, -0.05) is 12.1 Å². The van der Waals surface area contributed by atoms with Gasteiger partial charge in [0, 0.05) is 0 Å². The molecule has 0 aliphatic rings. The Kier molecular flexibility index (Phi) is 2.94. The highest BCUT2D eigenvalue weighted by Gasteiger charge is 2.15. The van der Waals surface area contributed by atoms with Crippen LogP contribution in [0.4, 0.5) is 0 Å². The van der Waals surface area contributed by atoms with Crippen LogP contribution in [0.15, 0.2) is 24.3 Å². The van der Waals surface area contributed by atoms with Gasteiger partial charge in [0.25, 0.3) is 0 Å². The first kappa shape index (κ1) is 10.1. The summed E-state index contributed by atoms with van der Waals surface area (Å²) < 4.78 is 5.07. The first-order chi connectivity index (χ1) is 6.03. The van der Waals surface area contributed by atoms with Crippen molar-refractivity contribution in [2.24, 2.45) is 0 Å². The van der Waals surface area contributed by atoms with Crippen molar-refractivity contribution >= 4 is 15.9 Å². The van der Waals surface area contributed by atoms with Gasteiger partial charge in [-0.15, -0.1) is 0 Å². The van der Waals surface area contributed by atoms with Gasteiger partial charge in [0.05, 0.1) is 5.56 Å². The molecule has 0 saturated carbocycles. The van der Waals surface area contributed by atoms with Crippen LogP contribution in [0.2, 0.25) is 0 Å². The SMILES string of the molecule is CC(C)(Br)Oc1ccccc1C#N. The molecule has 1 rings (SSSR count). The molecule has 0 fully saturated rings. The smallest absolute Gasteiger partial charge is 0.157 e. The molecule has 0 atom stereocenters. The highest BCUT2D eigenvalue weighted by molar-refractivity contribution is 9.10. The van der Waals surface area contributed by atoms with Crippen LogP contribution < -0.4 is 4.74 Å². The monoisotopic (exact) mass is 239 g/mol. The van der Waals surface area contributed by atoms with Crippen LogP contribution in [-0.4, -0.2) is 4.51 Å². The molecule has 0 unspecified atom stereocenters. The summed E-state index contributed by atoms with van der Waals surface area (Å²) in [6.45, 7) is 3.75. The van der Waals surface area contributed by atoms with Crippen molar-refractivity contribution in [3.8, 4) is 11.8 Å². The van der Waals surface area contributed by atoms with Crippen LogP contribution in [0.3, 0.4) is 0 Å². The van der Waals surface area contributed by atoms with E-state index in [0.29, 0.717) is 11.3 Å². The van der Waals surface area contributed by atoms with Crippen molar-refractivity contribution in [1.29, 1.82) is 5.26 Å². The van der Waals surface area contributed by atoms with E-state index in [9.17, 15) is 0 Å². The summed E-state index contributed by atoms with van der Waals surface area (Å²) in [7, 11) is 0. The summed E-state index contributed by atoms with van der Waals surface area (Å²) in [5.74, 6) is 0.604. The molecule has 0 radical (unpaired) electrons. The lowest BCUT2D eigenvalue weighted by Crippen LogP contribution is -2.19. The minimum Gasteiger partial charge on any atom is -0.475 e. The number of para-hydroxylation sites is 1. The number of rotatable bonds is 2. The minimum atomic E-state index is -0.444. The summed E-state index contributed by atoms with van der Waals surface area (Å²) in [6.07, 6.45) is 0. The van der Waals surface area contributed by atoms with Crippen molar-refractivity contribution in [2.45, 2.75) is 18.4 Å². The minimum absolute atomic E-state index is 0.444. The fraction of sp³-hybridized carbons (Fsp3) is 0.300. The molecule has 0 aliphatic heterocycles. The number of hydrogen-bond acceptors (Lipinski definition) is 2. The maximum atomic E-state index is 8.77. The Morgan fingerprint density at radius 3 is 2.54 bits per heavy atom. The van der Waals surface area contributed by atoms with E-state index in [1.54, 1.807) is 12.1 Å². The third kappa shape index (κ3) is 3.08. The second kappa shape index (κ2) is 3.80. The van der Waals surface area contributed by atoms with Crippen molar-refractivity contribution in [3.05, 3.63) is 29.8 Å². The third-order valence-corrected chi connectivity index (χ3v) is 1.52. The largest absolute Gasteiger partial charge is 0.475 e. The van der Waals surface area contributed by atoms with Gasteiger partial charge in [-0.3, -0.25) is 0 Å². The molecule has 0 bridgehead atoms. The van der Waals surface area contributed by atoms with E-state index in [4.69, 9.17) is 10.00 Å². The predicted molar refractivity (Wildman–Crippen MR) is 54.8 cm³/mol. The maximum absolute atomic E-state index is 8.77. The fourth-order valence-corrected chi connectivity index (χ4v) is 1.08. The Morgan fingerprint density at radius 2 is 2.00 bits per heavy atom. The summed E-state index contributed by atoms with van der Waals surface area (Å²) in [5, 5.41) is 8.77. The zero-order valence-corrected chi connectivity index (χ0v) is 9.13. The molecule has 0 saturated heterocycles. The zero-order valence-electron chi connectivity index (χ0n) is 7.54. The van der Waals surface area contributed by atoms with Crippen LogP contribution in [-0.2, 0) is 0 Å². The van der Waals surface area contributed by atoms with Crippen LogP contribution >= 0.6 is 15.9 Å². The molecular formula is C10H10BrNO. The lowest BCUT2D eigenvalue weighted by atomic mass is 10.2. The highest BCUT2D eigenvalue weighted by Crippen LogP contribution is 2.25. The van der Waals surface area contributed by atoms with Gasteiger partial charge < -0.3 is 4.74 Å². The van der Waals surface area contributed by atoms with Crippen molar-refractivity contribution in [1.82, 2.24) is 0 Å². The third-order valence-electron chi connectivity index (χ3n) is 1.36. The van der Waals surface area contributed by atoms with E-state index in [0.717, 1.165) is 0 Å². The van der Waals surface area contributed by atoms with E-state index >= 15 is 0 Å². The number of nitriles is 1. The molecule has 0 amide bonds. The Hall–Kier alpha value is -1.01. The van der Waals surface area contributed by atoms with Crippen LogP contribution in [0.1, 0.15) is 19.4 Å². The molecule has 0 spiro atoms. The zero-order chi connectivity index (χ0) is 9.90. The average molecular weight is 240 g/mol. The van der Waals surface area contributed by atoms with Gasteiger partial charge in [-0.25, -0.2) is 0 Å². The number of hydrogen-bond donors (Lipinski definition) is 0. The lowest BCUT2D eigenvalue weighted by molar-refractivity contribution is 0.214.